The van der Waals surface area contributed by atoms with E-state index in [0.717, 1.165) is 0 Å². The van der Waals surface area contributed by atoms with Gasteiger partial charge in [0, 0.05) is 26.2 Å². The van der Waals surface area contributed by atoms with Crippen LogP contribution in [0.2, 0.25) is 0 Å². The summed E-state index contributed by atoms with van der Waals surface area (Å²) in [6, 6.07) is 4.54. The molecule has 1 saturated heterocycles. The zero-order valence-corrected chi connectivity index (χ0v) is 14.5. The molecule has 0 saturated carbocycles. The number of ether oxygens (including phenoxy) is 1. The Balaban J connectivity index is 2.15. The molecule has 23 heavy (non-hydrogen) atoms. The summed E-state index contributed by atoms with van der Waals surface area (Å²) in [5.74, 6) is 0.230. The fraction of sp³-hybridized carbons (Fsp3) is 0.533. The van der Waals surface area contributed by atoms with Crippen LogP contribution in [-0.4, -0.2) is 62.9 Å². The predicted molar refractivity (Wildman–Crippen MR) is 86.7 cm³/mol. The molecule has 1 atom stereocenters. The lowest BCUT2D eigenvalue weighted by Gasteiger charge is -2.36. The second-order valence-corrected chi connectivity index (χ2v) is 7.56. The smallest absolute Gasteiger partial charge is 0.243 e. The molecule has 7 nitrogen and oxygen atoms in total. The Morgan fingerprint density at radius 3 is 2.35 bits per heavy atom. The van der Waals surface area contributed by atoms with Crippen molar-refractivity contribution in [2.45, 2.75) is 24.8 Å². The number of hydrogen-bond acceptors (Lipinski definition) is 5. The molecule has 2 N–H and O–H groups in total. The van der Waals surface area contributed by atoms with Gasteiger partial charge in [-0.1, -0.05) is 0 Å². The Hall–Kier alpha value is -1.64. The SMILES string of the molecule is COc1ccc(S(=O)(=O)N2CCN(C(C)C(N)=O)CC2)c(C)c1. The minimum Gasteiger partial charge on any atom is -0.497 e. The van der Waals surface area contributed by atoms with Gasteiger partial charge in [-0.25, -0.2) is 8.42 Å². The van der Waals surface area contributed by atoms with E-state index in [0.29, 0.717) is 37.5 Å². The molecule has 128 valence electrons. The van der Waals surface area contributed by atoms with E-state index in [1.54, 1.807) is 39.2 Å². The lowest BCUT2D eigenvalue weighted by molar-refractivity contribution is -0.123. The molecule has 1 amide bonds. The Morgan fingerprint density at radius 2 is 1.87 bits per heavy atom. The van der Waals surface area contributed by atoms with Crippen LogP contribution in [-0.2, 0) is 14.8 Å². The van der Waals surface area contributed by atoms with E-state index in [-0.39, 0.29) is 10.9 Å². The van der Waals surface area contributed by atoms with Gasteiger partial charge in [-0.05, 0) is 37.6 Å². The van der Waals surface area contributed by atoms with Gasteiger partial charge in [0.15, 0.2) is 0 Å². The first-order chi connectivity index (χ1) is 10.8. The first-order valence-corrected chi connectivity index (χ1v) is 8.89. The molecule has 0 bridgehead atoms. The maximum Gasteiger partial charge on any atom is 0.243 e. The number of rotatable bonds is 5. The summed E-state index contributed by atoms with van der Waals surface area (Å²) in [6.45, 7) is 5.13. The molecule has 0 aliphatic carbocycles. The van der Waals surface area contributed by atoms with Gasteiger partial charge in [0.25, 0.3) is 0 Å². The standard InChI is InChI=1S/C15H23N3O4S/c1-11-10-13(22-3)4-5-14(11)23(20,21)18-8-6-17(7-9-18)12(2)15(16)19/h4-5,10,12H,6-9H2,1-3H3,(H2,16,19). The van der Waals surface area contributed by atoms with Gasteiger partial charge in [0.2, 0.25) is 15.9 Å². The lowest BCUT2D eigenvalue weighted by atomic mass is 10.2. The van der Waals surface area contributed by atoms with E-state index in [2.05, 4.69) is 0 Å². The van der Waals surface area contributed by atoms with Crippen molar-refractivity contribution in [3.63, 3.8) is 0 Å². The van der Waals surface area contributed by atoms with Crippen molar-refractivity contribution in [2.75, 3.05) is 33.3 Å². The maximum atomic E-state index is 12.8. The molecule has 1 aromatic carbocycles. The molecule has 1 fully saturated rings. The number of hydrogen-bond donors (Lipinski definition) is 1. The van der Waals surface area contributed by atoms with Crippen LogP contribution in [0.5, 0.6) is 5.75 Å². The predicted octanol–water partition coefficient (Wildman–Crippen LogP) is 0.184. The number of carbonyl (C=O) groups is 1. The Bertz CT molecular complexity index is 682. The van der Waals surface area contributed by atoms with Crippen LogP contribution in [0, 0.1) is 6.92 Å². The van der Waals surface area contributed by atoms with Gasteiger partial charge in [-0.3, -0.25) is 9.69 Å². The molecule has 2 rings (SSSR count). The molecule has 0 aromatic heterocycles. The largest absolute Gasteiger partial charge is 0.497 e. The van der Waals surface area contributed by atoms with Gasteiger partial charge in [0.05, 0.1) is 18.0 Å². The van der Waals surface area contributed by atoms with E-state index in [9.17, 15) is 13.2 Å². The van der Waals surface area contributed by atoms with Crippen molar-refractivity contribution >= 4 is 15.9 Å². The second-order valence-electron chi connectivity index (χ2n) is 5.65. The van der Waals surface area contributed by atoms with Gasteiger partial charge in [-0.15, -0.1) is 0 Å². The summed E-state index contributed by atoms with van der Waals surface area (Å²) >= 11 is 0. The van der Waals surface area contributed by atoms with Gasteiger partial charge in [-0.2, -0.15) is 4.31 Å². The molecule has 1 aliphatic heterocycles. The maximum absolute atomic E-state index is 12.8. The number of nitrogens with two attached hydrogens (primary N) is 1. The number of primary amides is 1. The second kappa shape index (κ2) is 6.86. The third-order valence-corrected chi connectivity index (χ3v) is 6.29. The summed E-state index contributed by atoms with van der Waals surface area (Å²) in [7, 11) is -2.01. The van der Waals surface area contributed by atoms with E-state index in [1.807, 2.05) is 4.90 Å². The quantitative estimate of drug-likeness (QED) is 0.825. The number of aryl methyl sites for hydroxylation is 1. The third-order valence-electron chi connectivity index (χ3n) is 4.23. The highest BCUT2D eigenvalue weighted by molar-refractivity contribution is 7.89. The molecular formula is C15H23N3O4S. The highest BCUT2D eigenvalue weighted by Gasteiger charge is 2.32. The lowest BCUT2D eigenvalue weighted by Crippen LogP contribution is -2.54. The normalized spacial score (nSPS) is 18.6. The minimum atomic E-state index is -3.55. The van der Waals surface area contributed by atoms with Crippen molar-refractivity contribution in [2.24, 2.45) is 5.73 Å². The van der Waals surface area contributed by atoms with Crippen LogP contribution in [0.25, 0.3) is 0 Å². The van der Waals surface area contributed by atoms with Crippen LogP contribution in [0.3, 0.4) is 0 Å². The van der Waals surface area contributed by atoms with Gasteiger partial charge >= 0.3 is 0 Å². The van der Waals surface area contributed by atoms with Crippen molar-refractivity contribution in [3.05, 3.63) is 23.8 Å². The van der Waals surface area contributed by atoms with Crippen LogP contribution in [0.1, 0.15) is 12.5 Å². The fourth-order valence-corrected chi connectivity index (χ4v) is 4.32. The third kappa shape index (κ3) is 3.65. The molecule has 0 radical (unpaired) electrons. The van der Waals surface area contributed by atoms with Crippen LogP contribution in [0.15, 0.2) is 23.1 Å². The highest BCUT2D eigenvalue weighted by Crippen LogP contribution is 2.25. The number of amides is 1. The Labute approximate surface area is 137 Å². The zero-order valence-electron chi connectivity index (χ0n) is 13.7. The van der Waals surface area contributed by atoms with Gasteiger partial charge < -0.3 is 10.5 Å². The number of nitrogens with zero attached hydrogens (tertiary/aromatic N) is 2. The van der Waals surface area contributed by atoms with Crippen molar-refractivity contribution < 1.29 is 17.9 Å². The molecule has 0 spiro atoms. The van der Waals surface area contributed by atoms with Crippen LogP contribution >= 0.6 is 0 Å². The fourth-order valence-electron chi connectivity index (χ4n) is 2.69. The number of sulfonamides is 1. The molecule has 1 aliphatic rings. The van der Waals surface area contributed by atoms with E-state index < -0.39 is 15.9 Å². The first kappa shape index (κ1) is 17.7. The molecule has 1 aromatic rings. The number of carbonyl (C=O) groups excluding carboxylic acids is 1. The van der Waals surface area contributed by atoms with Crippen molar-refractivity contribution in [1.29, 1.82) is 0 Å². The zero-order chi connectivity index (χ0) is 17.2. The number of methoxy groups -OCH3 is 1. The first-order valence-electron chi connectivity index (χ1n) is 7.45. The van der Waals surface area contributed by atoms with Crippen molar-refractivity contribution in [1.82, 2.24) is 9.21 Å². The number of piperazine rings is 1. The Kier molecular flexibility index (Phi) is 5.28. The summed E-state index contributed by atoms with van der Waals surface area (Å²) < 4.78 is 32.1. The Morgan fingerprint density at radius 1 is 1.26 bits per heavy atom. The topological polar surface area (TPSA) is 92.9 Å². The van der Waals surface area contributed by atoms with Gasteiger partial charge in [0.1, 0.15) is 5.75 Å². The van der Waals surface area contributed by atoms with E-state index >= 15 is 0 Å². The van der Waals surface area contributed by atoms with E-state index in [1.165, 1.54) is 4.31 Å². The molecule has 1 heterocycles. The van der Waals surface area contributed by atoms with Crippen LogP contribution in [0.4, 0.5) is 0 Å². The molecular weight excluding hydrogens is 318 g/mol. The summed E-state index contributed by atoms with van der Waals surface area (Å²) in [6.07, 6.45) is 0. The summed E-state index contributed by atoms with van der Waals surface area (Å²) in [5, 5.41) is 0. The summed E-state index contributed by atoms with van der Waals surface area (Å²) in [4.78, 5) is 13.4. The monoisotopic (exact) mass is 341 g/mol. The summed E-state index contributed by atoms with van der Waals surface area (Å²) in [5.41, 5.74) is 5.95. The minimum absolute atomic E-state index is 0.287. The van der Waals surface area contributed by atoms with Crippen molar-refractivity contribution in [3.8, 4) is 5.75 Å². The average molecular weight is 341 g/mol. The van der Waals surface area contributed by atoms with E-state index in [4.69, 9.17) is 10.5 Å². The molecule has 1 unspecified atom stereocenters. The highest BCUT2D eigenvalue weighted by atomic mass is 32.2. The number of benzene rings is 1. The van der Waals surface area contributed by atoms with Crippen LogP contribution < -0.4 is 10.5 Å². The molecule has 8 heteroatoms. The average Bonchev–Trinajstić information content (AvgIpc) is 2.53.